The van der Waals surface area contributed by atoms with Crippen molar-refractivity contribution in [3.8, 4) is 33.4 Å². The van der Waals surface area contributed by atoms with Crippen molar-refractivity contribution in [3.63, 3.8) is 0 Å². The van der Waals surface area contributed by atoms with Crippen LogP contribution in [0.25, 0.3) is 64.3 Å². The van der Waals surface area contributed by atoms with Gasteiger partial charge in [-0.3, -0.25) is 0 Å². The fourth-order valence-electron chi connectivity index (χ4n) is 12.0. The van der Waals surface area contributed by atoms with Gasteiger partial charge in [0.2, 0.25) is 0 Å². The van der Waals surface area contributed by atoms with E-state index in [0.717, 1.165) is 0 Å². The second-order valence-electron chi connectivity index (χ2n) is 19.3. The van der Waals surface area contributed by atoms with Gasteiger partial charge >= 0.3 is 0 Å². The third kappa shape index (κ3) is 6.64. The van der Waals surface area contributed by atoms with Crippen molar-refractivity contribution in [2.75, 3.05) is 4.90 Å². The lowest BCUT2D eigenvalue weighted by Crippen LogP contribution is -2.16. The van der Waals surface area contributed by atoms with Crippen LogP contribution in [0.1, 0.15) is 112 Å². The molecular formula is C61H55NS. The Morgan fingerprint density at radius 3 is 1.79 bits per heavy atom. The van der Waals surface area contributed by atoms with Crippen molar-refractivity contribution >= 4 is 59.3 Å². The molecule has 0 spiro atoms. The van der Waals surface area contributed by atoms with Crippen molar-refractivity contribution in [2.45, 2.75) is 95.3 Å². The van der Waals surface area contributed by atoms with Crippen molar-refractivity contribution in [1.82, 2.24) is 0 Å². The minimum atomic E-state index is -0.0650. The van der Waals surface area contributed by atoms with Crippen molar-refractivity contribution < 1.29 is 0 Å². The van der Waals surface area contributed by atoms with E-state index in [1.807, 2.05) is 11.3 Å². The molecule has 0 amide bonds. The van der Waals surface area contributed by atoms with Gasteiger partial charge in [0.1, 0.15) is 0 Å². The van der Waals surface area contributed by atoms with Gasteiger partial charge in [-0.15, -0.1) is 11.3 Å². The molecule has 0 unspecified atom stereocenters. The molecule has 3 aliphatic carbocycles. The molecule has 1 heterocycles. The molecule has 2 fully saturated rings. The van der Waals surface area contributed by atoms with E-state index in [-0.39, 0.29) is 5.41 Å². The molecule has 0 bridgehead atoms. The van der Waals surface area contributed by atoms with Crippen LogP contribution < -0.4 is 4.90 Å². The quantitative estimate of drug-likeness (QED) is 0.155. The van der Waals surface area contributed by atoms with Crippen LogP contribution in [0.3, 0.4) is 0 Å². The molecule has 0 radical (unpaired) electrons. The third-order valence-corrected chi connectivity index (χ3v) is 16.4. The summed E-state index contributed by atoms with van der Waals surface area (Å²) < 4.78 is 2.68. The Kier molecular flexibility index (Phi) is 9.63. The maximum atomic E-state index is 2.62. The Morgan fingerprint density at radius 1 is 0.444 bits per heavy atom. The molecule has 3 aliphatic rings. The van der Waals surface area contributed by atoms with Crippen LogP contribution in [0, 0.1) is 0 Å². The number of hydrogen-bond acceptors (Lipinski definition) is 2. The summed E-state index contributed by atoms with van der Waals surface area (Å²) in [5.74, 6) is 1.25. The summed E-state index contributed by atoms with van der Waals surface area (Å²) in [6.07, 6.45) is 13.2. The Labute approximate surface area is 377 Å². The van der Waals surface area contributed by atoms with Gasteiger partial charge in [0.05, 0.1) is 5.69 Å². The number of anilines is 3. The van der Waals surface area contributed by atoms with Crippen molar-refractivity contribution in [3.05, 3.63) is 186 Å². The smallest absolute Gasteiger partial charge is 0.0549 e. The molecule has 2 heteroatoms. The largest absolute Gasteiger partial charge is 0.310 e. The van der Waals surface area contributed by atoms with Gasteiger partial charge in [-0.25, -0.2) is 0 Å². The maximum absolute atomic E-state index is 2.62. The van der Waals surface area contributed by atoms with E-state index in [9.17, 15) is 0 Å². The van der Waals surface area contributed by atoms with Gasteiger partial charge in [0.25, 0.3) is 0 Å². The Morgan fingerprint density at radius 2 is 1.03 bits per heavy atom. The van der Waals surface area contributed by atoms with Gasteiger partial charge < -0.3 is 4.90 Å². The fraction of sp³-hybridized carbons (Fsp3) is 0.246. The molecule has 8 aromatic carbocycles. The average molecular weight is 834 g/mol. The number of fused-ring (bicyclic) bond motifs is 7. The molecule has 12 rings (SSSR count). The Balaban J connectivity index is 1.09. The number of benzene rings is 8. The van der Waals surface area contributed by atoms with Crippen molar-refractivity contribution in [2.24, 2.45) is 0 Å². The van der Waals surface area contributed by atoms with E-state index in [1.54, 1.807) is 0 Å². The van der Waals surface area contributed by atoms with Crippen LogP contribution in [0.15, 0.2) is 164 Å². The van der Waals surface area contributed by atoms with Crippen molar-refractivity contribution in [1.29, 1.82) is 0 Å². The van der Waals surface area contributed by atoms with E-state index in [2.05, 4.69) is 183 Å². The Hall–Kier alpha value is -5.96. The molecule has 9 aromatic rings. The van der Waals surface area contributed by atoms with Crippen LogP contribution in [0.5, 0.6) is 0 Å². The summed E-state index contributed by atoms with van der Waals surface area (Å²) in [6.45, 7) is 4.77. The summed E-state index contributed by atoms with van der Waals surface area (Å²) in [5, 5.41) is 5.40. The monoisotopic (exact) mass is 833 g/mol. The highest BCUT2D eigenvalue weighted by Gasteiger charge is 2.36. The number of nitrogens with zero attached hydrogens (tertiary/aromatic N) is 1. The zero-order valence-corrected chi connectivity index (χ0v) is 37.5. The first-order valence-electron chi connectivity index (χ1n) is 23.7. The SMILES string of the molecule is CC1(C)c2ccccc2-c2cc(N(c3ccc(-c4ccc(C5CCCCC5)cc4)cc3)c3cc(C4CCCCC4)c4ccccc4c3-c3ccc4sc5ccccc5c4c3)ccc21. The number of rotatable bonds is 7. The second kappa shape index (κ2) is 15.7. The summed E-state index contributed by atoms with van der Waals surface area (Å²) >= 11 is 1.90. The first kappa shape index (κ1) is 38.7. The second-order valence-corrected chi connectivity index (χ2v) is 20.4. The highest BCUT2D eigenvalue weighted by Crippen LogP contribution is 2.53. The first-order valence-corrected chi connectivity index (χ1v) is 24.5. The van der Waals surface area contributed by atoms with E-state index < -0.39 is 0 Å². The molecule has 2 saturated carbocycles. The predicted molar refractivity (Wildman–Crippen MR) is 272 cm³/mol. The predicted octanol–water partition coefficient (Wildman–Crippen LogP) is 18.4. The summed E-state index contributed by atoms with van der Waals surface area (Å²) in [7, 11) is 0. The molecule has 0 saturated heterocycles. The molecule has 0 aliphatic heterocycles. The molecular weight excluding hydrogens is 779 g/mol. The molecule has 0 atom stereocenters. The highest BCUT2D eigenvalue weighted by molar-refractivity contribution is 7.25. The summed E-state index contributed by atoms with van der Waals surface area (Å²) in [5.41, 5.74) is 17.2. The summed E-state index contributed by atoms with van der Waals surface area (Å²) in [4.78, 5) is 2.61. The zero-order chi connectivity index (χ0) is 42.1. The van der Waals surface area contributed by atoms with Gasteiger partial charge in [0.15, 0.2) is 0 Å². The molecule has 310 valence electrons. The maximum Gasteiger partial charge on any atom is 0.0549 e. The molecule has 0 N–H and O–H groups in total. The third-order valence-electron chi connectivity index (χ3n) is 15.3. The Bertz CT molecular complexity index is 3150. The number of hydrogen-bond donors (Lipinski definition) is 0. The minimum Gasteiger partial charge on any atom is -0.310 e. The van der Waals surface area contributed by atoms with Crippen LogP contribution in [-0.4, -0.2) is 0 Å². The van der Waals surface area contributed by atoms with Crippen LogP contribution in [0.2, 0.25) is 0 Å². The lowest BCUT2D eigenvalue weighted by atomic mass is 9.80. The van der Waals surface area contributed by atoms with Gasteiger partial charge in [-0.1, -0.05) is 168 Å². The van der Waals surface area contributed by atoms with Gasteiger partial charge in [0, 0.05) is 42.5 Å². The van der Waals surface area contributed by atoms with Crippen LogP contribution in [0.4, 0.5) is 17.1 Å². The van der Waals surface area contributed by atoms with Gasteiger partial charge in [-0.2, -0.15) is 0 Å². The molecule has 63 heavy (non-hydrogen) atoms. The standard InChI is InChI=1S/C61H55NS/c1-61(2)55-23-13-11-20-49(55)53-38-47(34-35-56(53)61)62(46-32-29-43(30-33-46)42-27-25-41(26-28-42)40-15-5-3-6-16-40)57-39-52(44-17-7-4-8-18-44)48-19-9-10-22-51(48)60(57)45-31-36-59-54(37-45)50-21-12-14-24-58(50)63-59/h9-14,19-40,44H,3-8,15-18H2,1-2H3. The summed E-state index contributed by atoms with van der Waals surface area (Å²) in [6, 6.07) is 63.5. The average Bonchev–Trinajstić information content (AvgIpc) is 3.83. The normalized spacial score (nSPS) is 16.4. The number of thiophene rings is 1. The van der Waals surface area contributed by atoms with Crippen LogP contribution in [-0.2, 0) is 5.41 Å². The lowest BCUT2D eigenvalue weighted by Gasteiger charge is -2.32. The van der Waals surface area contributed by atoms with E-state index >= 15 is 0 Å². The van der Waals surface area contributed by atoms with E-state index in [4.69, 9.17) is 0 Å². The zero-order valence-electron chi connectivity index (χ0n) is 36.7. The highest BCUT2D eigenvalue weighted by atomic mass is 32.1. The van der Waals surface area contributed by atoms with Crippen LogP contribution >= 0.6 is 11.3 Å². The minimum absolute atomic E-state index is 0.0650. The molecule has 1 aromatic heterocycles. The fourth-order valence-corrected chi connectivity index (χ4v) is 13.0. The van der Waals surface area contributed by atoms with E-state index in [1.165, 1.54) is 168 Å². The van der Waals surface area contributed by atoms with Gasteiger partial charge in [-0.05, 0) is 147 Å². The lowest BCUT2D eigenvalue weighted by molar-refractivity contribution is 0.443. The van der Waals surface area contributed by atoms with E-state index in [0.29, 0.717) is 11.8 Å². The topological polar surface area (TPSA) is 3.24 Å². The first-order chi connectivity index (χ1) is 31.0. The molecule has 1 nitrogen and oxygen atoms in total.